The van der Waals surface area contributed by atoms with Gasteiger partial charge >= 0.3 is 0 Å². The van der Waals surface area contributed by atoms with Crippen LogP contribution in [-0.4, -0.2) is 11.5 Å². The molecule has 1 fully saturated rings. The fourth-order valence-electron chi connectivity index (χ4n) is 3.37. The molecule has 2 rings (SSSR count). The SMILES string of the molecule is CCC1CCC(CN)(Cc2cc(Cl)ccc2[N+](=O)[O-])C1. The van der Waals surface area contributed by atoms with Crippen molar-refractivity contribution in [2.45, 2.75) is 39.0 Å². The average molecular weight is 297 g/mol. The summed E-state index contributed by atoms with van der Waals surface area (Å²) in [7, 11) is 0. The van der Waals surface area contributed by atoms with E-state index in [1.54, 1.807) is 12.1 Å². The van der Waals surface area contributed by atoms with Crippen LogP contribution in [0.15, 0.2) is 18.2 Å². The molecule has 0 radical (unpaired) electrons. The summed E-state index contributed by atoms with van der Waals surface area (Å²) in [6.45, 7) is 2.77. The number of nitrogens with zero attached hydrogens (tertiary/aromatic N) is 1. The molecule has 1 aliphatic carbocycles. The number of halogens is 1. The van der Waals surface area contributed by atoms with Gasteiger partial charge in [-0.2, -0.15) is 0 Å². The summed E-state index contributed by atoms with van der Waals surface area (Å²) in [5.41, 5.74) is 6.86. The average Bonchev–Trinajstić information content (AvgIpc) is 2.82. The van der Waals surface area contributed by atoms with Gasteiger partial charge in [0.1, 0.15) is 0 Å². The lowest BCUT2D eigenvalue weighted by Gasteiger charge is -2.28. The van der Waals surface area contributed by atoms with Crippen molar-refractivity contribution in [3.05, 3.63) is 38.9 Å². The zero-order valence-electron chi connectivity index (χ0n) is 11.8. The molecule has 1 aromatic carbocycles. The van der Waals surface area contributed by atoms with Crippen LogP contribution in [0, 0.1) is 21.4 Å². The highest BCUT2D eigenvalue weighted by Gasteiger charge is 2.38. The zero-order valence-corrected chi connectivity index (χ0v) is 12.5. The second kappa shape index (κ2) is 6.10. The molecule has 2 N–H and O–H groups in total. The van der Waals surface area contributed by atoms with E-state index in [9.17, 15) is 10.1 Å². The molecule has 1 saturated carbocycles. The van der Waals surface area contributed by atoms with Crippen LogP contribution in [0.2, 0.25) is 5.02 Å². The van der Waals surface area contributed by atoms with Gasteiger partial charge < -0.3 is 5.73 Å². The first-order valence-electron chi connectivity index (χ1n) is 7.12. The maximum Gasteiger partial charge on any atom is 0.272 e. The van der Waals surface area contributed by atoms with Gasteiger partial charge in [0.05, 0.1) is 4.92 Å². The Morgan fingerprint density at radius 2 is 2.30 bits per heavy atom. The summed E-state index contributed by atoms with van der Waals surface area (Å²) in [6.07, 6.45) is 5.08. The lowest BCUT2D eigenvalue weighted by atomic mass is 9.79. The molecule has 0 aromatic heterocycles. The molecule has 110 valence electrons. The molecule has 4 nitrogen and oxygen atoms in total. The second-order valence-electron chi connectivity index (χ2n) is 5.93. The predicted octanol–water partition coefficient (Wildman–Crippen LogP) is 3.95. The highest BCUT2D eigenvalue weighted by molar-refractivity contribution is 6.30. The maximum atomic E-state index is 11.2. The molecule has 0 amide bonds. The van der Waals surface area contributed by atoms with E-state index in [1.165, 1.54) is 12.5 Å². The molecule has 1 aromatic rings. The van der Waals surface area contributed by atoms with Gasteiger partial charge in [-0.15, -0.1) is 0 Å². The van der Waals surface area contributed by atoms with Crippen LogP contribution in [0.3, 0.4) is 0 Å². The lowest BCUT2D eigenvalue weighted by Crippen LogP contribution is -2.30. The van der Waals surface area contributed by atoms with Crippen LogP contribution in [0.4, 0.5) is 5.69 Å². The molecule has 0 heterocycles. The van der Waals surface area contributed by atoms with Crippen LogP contribution in [-0.2, 0) is 6.42 Å². The van der Waals surface area contributed by atoms with Crippen molar-refractivity contribution in [1.29, 1.82) is 0 Å². The van der Waals surface area contributed by atoms with E-state index in [0.717, 1.165) is 19.3 Å². The summed E-state index contributed by atoms with van der Waals surface area (Å²) >= 11 is 6.00. The predicted molar refractivity (Wildman–Crippen MR) is 80.9 cm³/mol. The molecule has 2 atom stereocenters. The fourth-order valence-corrected chi connectivity index (χ4v) is 3.57. The van der Waals surface area contributed by atoms with Crippen molar-refractivity contribution in [2.24, 2.45) is 17.1 Å². The van der Waals surface area contributed by atoms with Gasteiger partial charge in [0.2, 0.25) is 0 Å². The Labute approximate surface area is 124 Å². The number of nitro benzene ring substituents is 1. The quantitative estimate of drug-likeness (QED) is 0.661. The third-order valence-corrected chi connectivity index (χ3v) is 4.85. The van der Waals surface area contributed by atoms with Gasteiger partial charge in [-0.25, -0.2) is 0 Å². The zero-order chi connectivity index (χ0) is 14.8. The first-order valence-corrected chi connectivity index (χ1v) is 7.50. The second-order valence-corrected chi connectivity index (χ2v) is 6.36. The number of benzene rings is 1. The largest absolute Gasteiger partial charge is 0.330 e. The lowest BCUT2D eigenvalue weighted by molar-refractivity contribution is -0.385. The normalized spacial score (nSPS) is 25.9. The maximum absolute atomic E-state index is 11.2. The Morgan fingerprint density at radius 3 is 2.85 bits per heavy atom. The minimum atomic E-state index is -0.331. The van der Waals surface area contributed by atoms with Gasteiger partial charge in [0.15, 0.2) is 0 Å². The third-order valence-electron chi connectivity index (χ3n) is 4.62. The van der Waals surface area contributed by atoms with E-state index >= 15 is 0 Å². The van der Waals surface area contributed by atoms with Crippen molar-refractivity contribution in [3.63, 3.8) is 0 Å². The smallest absolute Gasteiger partial charge is 0.272 e. The molecule has 5 heteroatoms. The Balaban J connectivity index is 2.28. The first kappa shape index (κ1) is 15.3. The summed E-state index contributed by atoms with van der Waals surface area (Å²) < 4.78 is 0. The van der Waals surface area contributed by atoms with Crippen molar-refractivity contribution in [1.82, 2.24) is 0 Å². The van der Waals surface area contributed by atoms with E-state index in [-0.39, 0.29) is 16.0 Å². The minimum absolute atomic E-state index is 0.00385. The fraction of sp³-hybridized carbons (Fsp3) is 0.600. The van der Waals surface area contributed by atoms with E-state index in [0.29, 0.717) is 29.5 Å². The Kier molecular flexibility index (Phi) is 4.66. The number of hydrogen-bond acceptors (Lipinski definition) is 3. The number of nitrogens with two attached hydrogens (primary N) is 1. The van der Waals surface area contributed by atoms with E-state index in [1.807, 2.05) is 0 Å². The van der Waals surface area contributed by atoms with E-state index in [4.69, 9.17) is 17.3 Å². The monoisotopic (exact) mass is 296 g/mol. The van der Waals surface area contributed by atoms with E-state index < -0.39 is 0 Å². The van der Waals surface area contributed by atoms with Crippen molar-refractivity contribution < 1.29 is 4.92 Å². The van der Waals surface area contributed by atoms with Crippen LogP contribution < -0.4 is 5.73 Å². The third kappa shape index (κ3) is 3.13. The van der Waals surface area contributed by atoms with Gasteiger partial charge in [-0.05, 0) is 55.7 Å². The van der Waals surface area contributed by atoms with Crippen molar-refractivity contribution >= 4 is 17.3 Å². The summed E-state index contributed by atoms with van der Waals surface area (Å²) in [5.74, 6) is 0.691. The molecule has 1 aliphatic rings. The molecular formula is C15H21ClN2O2. The van der Waals surface area contributed by atoms with Crippen LogP contribution in [0.25, 0.3) is 0 Å². The summed E-state index contributed by atoms with van der Waals surface area (Å²) in [5, 5.41) is 11.7. The van der Waals surface area contributed by atoms with Gasteiger partial charge in [-0.1, -0.05) is 24.9 Å². The molecule has 0 saturated heterocycles. The number of nitro groups is 1. The highest BCUT2D eigenvalue weighted by Crippen LogP contribution is 2.45. The molecular weight excluding hydrogens is 276 g/mol. The highest BCUT2D eigenvalue weighted by atomic mass is 35.5. The molecule has 0 aliphatic heterocycles. The van der Waals surface area contributed by atoms with E-state index in [2.05, 4.69) is 6.92 Å². The first-order chi connectivity index (χ1) is 9.49. The summed E-state index contributed by atoms with van der Waals surface area (Å²) in [4.78, 5) is 10.8. The molecule has 20 heavy (non-hydrogen) atoms. The Hall–Kier alpha value is -1.13. The molecule has 0 spiro atoms. The van der Waals surface area contributed by atoms with Gasteiger partial charge in [0.25, 0.3) is 5.69 Å². The molecule has 2 unspecified atom stereocenters. The summed E-state index contributed by atoms with van der Waals surface area (Å²) in [6, 6.07) is 4.78. The number of rotatable bonds is 5. The van der Waals surface area contributed by atoms with Crippen LogP contribution in [0.1, 0.15) is 38.2 Å². The Bertz CT molecular complexity index is 507. The minimum Gasteiger partial charge on any atom is -0.330 e. The number of hydrogen-bond donors (Lipinski definition) is 1. The standard InChI is InChI=1S/C15H21ClN2O2/c1-2-11-5-6-15(8-11,10-17)9-12-7-13(16)3-4-14(12)18(19)20/h3-4,7,11H,2,5-6,8-10,17H2,1H3. The van der Waals surface area contributed by atoms with Crippen LogP contribution >= 0.6 is 11.6 Å². The topological polar surface area (TPSA) is 69.2 Å². The van der Waals surface area contributed by atoms with Gasteiger partial charge in [0, 0.05) is 16.7 Å². The van der Waals surface area contributed by atoms with Crippen molar-refractivity contribution in [2.75, 3.05) is 6.54 Å². The Morgan fingerprint density at radius 1 is 1.55 bits per heavy atom. The molecule has 0 bridgehead atoms. The van der Waals surface area contributed by atoms with Crippen molar-refractivity contribution in [3.8, 4) is 0 Å². The van der Waals surface area contributed by atoms with Gasteiger partial charge in [-0.3, -0.25) is 10.1 Å². The van der Waals surface area contributed by atoms with Crippen LogP contribution in [0.5, 0.6) is 0 Å².